The maximum Gasteiger partial charge on any atom is 0.166 e. The summed E-state index contributed by atoms with van der Waals surface area (Å²) in [6.07, 6.45) is 0.0757. The molecule has 0 radical (unpaired) electrons. The SMILES string of the molecule is COc1cc(Br)cc(CNCCOCCO)c1OC(C)C. The van der Waals surface area contributed by atoms with E-state index in [4.69, 9.17) is 19.3 Å². The van der Waals surface area contributed by atoms with Crippen LogP contribution in [0.1, 0.15) is 19.4 Å². The van der Waals surface area contributed by atoms with E-state index in [1.165, 1.54) is 0 Å². The first kappa shape index (κ1) is 18.2. The molecule has 1 rings (SSSR count). The van der Waals surface area contributed by atoms with Crippen LogP contribution in [0.2, 0.25) is 0 Å². The van der Waals surface area contributed by atoms with Crippen molar-refractivity contribution in [1.29, 1.82) is 0 Å². The summed E-state index contributed by atoms with van der Waals surface area (Å²) >= 11 is 3.48. The number of aliphatic hydroxyl groups is 1. The van der Waals surface area contributed by atoms with Crippen molar-refractivity contribution >= 4 is 15.9 Å². The first-order valence-corrected chi connectivity index (χ1v) is 7.80. The van der Waals surface area contributed by atoms with Crippen molar-refractivity contribution in [2.45, 2.75) is 26.5 Å². The van der Waals surface area contributed by atoms with Crippen LogP contribution in [0.25, 0.3) is 0 Å². The molecule has 21 heavy (non-hydrogen) atoms. The summed E-state index contributed by atoms with van der Waals surface area (Å²) in [7, 11) is 1.63. The predicted molar refractivity (Wildman–Crippen MR) is 86.1 cm³/mol. The Hall–Kier alpha value is -0.820. The zero-order chi connectivity index (χ0) is 15.7. The molecule has 0 unspecified atom stereocenters. The number of methoxy groups -OCH3 is 1. The van der Waals surface area contributed by atoms with Gasteiger partial charge in [0, 0.05) is 23.1 Å². The van der Waals surface area contributed by atoms with E-state index in [1.807, 2.05) is 26.0 Å². The predicted octanol–water partition coefficient (Wildman–Crippen LogP) is 2.34. The molecular weight excluding hydrogens is 338 g/mol. The number of halogens is 1. The van der Waals surface area contributed by atoms with Crippen molar-refractivity contribution < 1.29 is 19.3 Å². The summed E-state index contributed by atoms with van der Waals surface area (Å²) in [5.74, 6) is 1.48. The number of rotatable bonds is 10. The summed E-state index contributed by atoms with van der Waals surface area (Å²) < 4.78 is 17.4. The van der Waals surface area contributed by atoms with Crippen molar-refractivity contribution in [1.82, 2.24) is 5.32 Å². The molecule has 0 aromatic heterocycles. The fourth-order valence-corrected chi connectivity index (χ4v) is 2.29. The van der Waals surface area contributed by atoms with Crippen molar-refractivity contribution in [2.75, 3.05) is 33.5 Å². The molecule has 0 saturated carbocycles. The van der Waals surface area contributed by atoms with Crippen LogP contribution in [0.4, 0.5) is 0 Å². The Bertz CT molecular complexity index is 426. The molecule has 0 aliphatic carbocycles. The van der Waals surface area contributed by atoms with Crippen LogP contribution in [0.5, 0.6) is 11.5 Å². The highest BCUT2D eigenvalue weighted by atomic mass is 79.9. The summed E-state index contributed by atoms with van der Waals surface area (Å²) in [6, 6.07) is 3.91. The molecule has 0 aliphatic heterocycles. The van der Waals surface area contributed by atoms with Crippen LogP contribution < -0.4 is 14.8 Å². The highest BCUT2D eigenvalue weighted by Gasteiger charge is 2.13. The van der Waals surface area contributed by atoms with Gasteiger partial charge in [0.2, 0.25) is 0 Å². The van der Waals surface area contributed by atoms with Gasteiger partial charge in [0.25, 0.3) is 0 Å². The van der Waals surface area contributed by atoms with Crippen LogP contribution >= 0.6 is 15.9 Å². The second kappa shape index (κ2) is 10.00. The number of aliphatic hydroxyl groups excluding tert-OH is 1. The highest BCUT2D eigenvalue weighted by Crippen LogP contribution is 2.35. The molecule has 0 amide bonds. The van der Waals surface area contributed by atoms with E-state index in [2.05, 4.69) is 21.2 Å². The molecule has 0 atom stereocenters. The quantitative estimate of drug-likeness (QED) is 0.626. The number of hydrogen-bond acceptors (Lipinski definition) is 5. The van der Waals surface area contributed by atoms with E-state index in [0.717, 1.165) is 15.8 Å². The summed E-state index contributed by atoms with van der Waals surface area (Å²) in [5.41, 5.74) is 1.03. The highest BCUT2D eigenvalue weighted by molar-refractivity contribution is 9.10. The maximum absolute atomic E-state index is 8.63. The van der Waals surface area contributed by atoms with Crippen molar-refractivity contribution in [2.24, 2.45) is 0 Å². The molecule has 0 saturated heterocycles. The zero-order valence-corrected chi connectivity index (χ0v) is 14.4. The minimum Gasteiger partial charge on any atom is -0.493 e. The topological polar surface area (TPSA) is 60.0 Å². The molecule has 120 valence electrons. The van der Waals surface area contributed by atoms with E-state index >= 15 is 0 Å². The van der Waals surface area contributed by atoms with E-state index in [9.17, 15) is 0 Å². The molecular formula is C15H24BrNO4. The van der Waals surface area contributed by atoms with Gasteiger partial charge < -0.3 is 24.6 Å². The number of hydrogen-bond donors (Lipinski definition) is 2. The summed E-state index contributed by atoms with van der Waals surface area (Å²) in [4.78, 5) is 0. The van der Waals surface area contributed by atoms with Gasteiger partial charge in [0.05, 0.1) is 33.0 Å². The number of nitrogens with one attached hydrogen (secondary N) is 1. The zero-order valence-electron chi connectivity index (χ0n) is 12.8. The first-order chi connectivity index (χ1) is 10.1. The average Bonchev–Trinajstić information content (AvgIpc) is 2.44. The van der Waals surface area contributed by atoms with E-state index in [-0.39, 0.29) is 12.7 Å². The molecule has 0 aliphatic rings. The van der Waals surface area contributed by atoms with Gasteiger partial charge >= 0.3 is 0 Å². The standard InChI is InChI=1S/C15H24BrNO4/c1-11(2)21-15-12(8-13(16)9-14(15)19-3)10-17-4-6-20-7-5-18/h8-9,11,17-18H,4-7,10H2,1-3H3. The Balaban J connectivity index is 2.67. The van der Waals surface area contributed by atoms with Crippen LogP contribution in [0.3, 0.4) is 0 Å². The van der Waals surface area contributed by atoms with Crippen LogP contribution in [0, 0.1) is 0 Å². The van der Waals surface area contributed by atoms with Gasteiger partial charge in [-0.15, -0.1) is 0 Å². The van der Waals surface area contributed by atoms with E-state index in [1.54, 1.807) is 7.11 Å². The molecule has 5 nitrogen and oxygen atoms in total. The Kier molecular flexibility index (Phi) is 8.68. The molecule has 1 aromatic rings. The normalized spacial score (nSPS) is 11.0. The monoisotopic (exact) mass is 361 g/mol. The molecule has 0 bridgehead atoms. The third kappa shape index (κ3) is 6.65. The Morgan fingerprint density at radius 3 is 2.67 bits per heavy atom. The van der Waals surface area contributed by atoms with Crippen molar-refractivity contribution in [3.63, 3.8) is 0 Å². The van der Waals surface area contributed by atoms with Crippen molar-refractivity contribution in [3.05, 3.63) is 22.2 Å². The summed E-state index contributed by atoms with van der Waals surface area (Å²) in [5, 5.41) is 11.9. The van der Waals surface area contributed by atoms with E-state index in [0.29, 0.717) is 32.1 Å². The number of ether oxygens (including phenoxy) is 3. The molecule has 0 fully saturated rings. The lowest BCUT2D eigenvalue weighted by atomic mass is 10.1. The largest absolute Gasteiger partial charge is 0.493 e. The summed E-state index contributed by atoms with van der Waals surface area (Å²) in [6.45, 7) is 6.31. The Morgan fingerprint density at radius 1 is 1.29 bits per heavy atom. The van der Waals surface area contributed by atoms with Crippen LogP contribution in [-0.4, -0.2) is 44.7 Å². The second-order valence-corrected chi connectivity index (χ2v) is 5.69. The van der Waals surface area contributed by atoms with Gasteiger partial charge in [0.15, 0.2) is 11.5 Å². The Morgan fingerprint density at radius 2 is 2.05 bits per heavy atom. The van der Waals surface area contributed by atoms with Crippen LogP contribution in [-0.2, 0) is 11.3 Å². The van der Waals surface area contributed by atoms with Gasteiger partial charge in [-0.2, -0.15) is 0 Å². The van der Waals surface area contributed by atoms with Crippen LogP contribution in [0.15, 0.2) is 16.6 Å². The smallest absolute Gasteiger partial charge is 0.166 e. The first-order valence-electron chi connectivity index (χ1n) is 7.00. The fraction of sp³-hybridized carbons (Fsp3) is 0.600. The van der Waals surface area contributed by atoms with Gasteiger partial charge in [-0.05, 0) is 26.0 Å². The molecule has 0 spiro atoms. The van der Waals surface area contributed by atoms with Gasteiger partial charge in [0.1, 0.15) is 0 Å². The van der Waals surface area contributed by atoms with Gasteiger partial charge in [-0.1, -0.05) is 15.9 Å². The Labute approximate surface area is 134 Å². The van der Waals surface area contributed by atoms with Crippen molar-refractivity contribution in [3.8, 4) is 11.5 Å². The lowest BCUT2D eigenvalue weighted by Gasteiger charge is -2.18. The van der Waals surface area contributed by atoms with E-state index < -0.39 is 0 Å². The van der Waals surface area contributed by atoms with Gasteiger partial charge in [-0.25, -0.2) is 0 Å². The minimum atomic E-state index is 0.0508. The second-order valence-electron chi connectivity index (χ2n) is 4.78. The maximum atomic E-state index is 8.63. The average molecular weight is 362 g/mol. The molecule has 0 heterocycles. The third-order valence-electron chi connectivity index (χ3n) is 2.64. The molecule has 6 heteroatoms. The molecule has 2 N–H and O–H groups in total. The van der Waals surface area contributed by atoms with Gasteiger partial charge in [-0.3, -0.25) is 0 Å². The lowest BCUT2D eigenvalue weighted by molar-refractivity contribution is 0.0937. The molecule has 1 aromatic carbocycles. The fourth-order valence-electron chi connectivity index (χ4n) is 1.81. The minimum absolute atomic E-state index is 0.0508. The third-order valence-corrected chi connectivity index (χ3v) is 3.10. The number of benzene rings is 1. The lowest BCUT2D eigenvalue weighted by Crippen LogP contribution is -2.21.